The number of nitrogens with zero attached hydrogens (tertiary/aromatic N) is 4. The third-order valence-electron chi connectivity index (χ3n) is 4.22. The van der Waals surface area contributed by atoms with Crippen LogP contribution in [0.5, 0.6) is 5.75 Å². The highest BCUT2D eigenvalue weighted by Crippen LogP contribution is 2.26. The minimum atomic E-state index is -0.206. The Morgan fingerprint density at radius 3 is 2.78 bits per heavy atom. The molecular weight excluding hydrogens is 362 g/mol. The number of hydrogen-bond acceptors (Lipinski definition) is 6. The molecule has 2 aromatic heterocycles. The maximum atomic E-state index is 12.2. The molecule has 0 unspecified atom stereocenters. The van der Waals surface area contributed by atoms with Crippen molar-refractivity contribution in [2.24, 2.45) is 0 Å². The molecule has 0 atom stereocenters. The Hall–Kier alpha value is -3.26. The van der Waals surface area contributed by atoms with E-state index in [-0.39, 0.29) is 12.5 Å². The van der Waals surface area contributed by atoms with Gasteiger partial charge in [0.05, 0.1) is 0 Å². The van der Waals surface area contributed by atoms with Crippen molar-refractivity contribution in [3.8, 4) is 16.3 Å². The Labute approximate surface area is 159 Å². The number of fused-ring (bicyclic) bond motifs is 1. The van der Waals surface area contributed by atoms with Crippen molar-refractivity contribution in [2.45, 2.75) is 13.8 Å². The van der Waals surface area contributed by atoms with Crippen LogP contribution in [0.2, 0.25) is 0 Å². The van der Waals surface area contributed by atoms with E-state index in [1.54, 1.807) is 10.8 Å². The van der Waals surface area contributed by atoms with Gasteiger partial charge >= 0.3 is 0 Å². The van der Waals surface area contributed by atoms with Crippen LogP contribution in [0, 0.1) is 13.8 Å². The van der Waals surface area contributed by atoms with Crippen molar-refractivity contribution in [1.82, 2.24) is 19.8 Å². The van der Waals surface area contributed by atoms with Crippen molar-refractivity contribution >= 4 is 27.9 Å². The van der Waals surface area contributed by atoms with E-state index in [0.717, 1.165) is 32.4 Å². The Balaban J connectivity index is 1.38. The van der Waals surface area contributed by atoms with Crippen LogP contribution in [0.4, 0.5) is 5.69 Å². The number of ether oxygens (including phenoxy) is 1. The molecule has 2 heterocycles. The topological polar surface area (TPSA) is 81.4 Å². The number of amides is 1. The standard InChI is InChI=1S/C19H17N5O2S/c1-12-4-3-5-16(13(12)2)26-10-17(25)21-15-8-6-14(7-9-15)18-23-24-11-20-22-19(24)27-18/h3-9,11H,10H2,1-2H3,(H,21,25). The molecule has 0 aliphatic rings. The maximum absolute atomic E-state index is 12.2. The van der Waals surface area contributed by atoms with Crippen LogP contribution in [0.25, 0.3) is 15.5 Å². The minimum absolute atomic E-state index is 0.0390. The van der Waals surface area contributed by atoms with E-state index in [1.165, 1.54) is 11.3 Å². The van der Waals surface area contributed by atoms with Gasteiger partial charge in [-0.15, -0.1) is 10.2 Å². The van der Waals surface area contributed by atoms with Crippen molar-refractivity contribution in [2.75, 3.05) is 11.9 Å². The van der Waals surface area contributed by atoms with E-state index in [0.29, 0.717) is 5.69 Å². The number of carbonyl (C=O) groups excluding carboxylic acids is 1. The molecule has 2 aromatic carbocycles. The zero-order chi connectivity index (χ0) is 18.8. The van der Waals surface area contributed by atoms with Crippen LogP contribution in [-0.4, -0.2) is 32.3 Å². The predicted octanol–water partition coefficient (Wildman–Crippen LogP) is 3.49. The third-order valence-corrected chi connectivity index (χ3v) is 5.18. The van der Waals surface area contributed by atoms with Gasteiger partial charge in [-0.3, -0.25) is 4.79 Å². The third kappa shape index (κ3) is 3.65. The SMILES string of the molecule is Cc1cccc(OCC(=O)Nc2ccc(-c3nn4cnnc4s3)cc2)c1C. The first-order valence-electron chi connectivity index (χ1n) is 8.36. The highest BCUT2D eigenvalue weighted by molar-refractivity contribution is 7.19. The summed E-state index contributed by atoms with van der Waals surface area (Å²) in [6, 6.07) is 13.3. The fourth-order valence-corrected chi connectivity index (χ4v) is 3.42. The Kier molecular flexibility index (Phi) is 4.55. The molecule has 0 aliphatic heterocycles. The summed E-state index contributed by atoms with van der Waals surface area (Å²) < 4.78 is 7.27. The number of aryl methyl sites for hydroxylation is 1. The lowest BCUT2D eigenvalue weighted by Crippen LogP contribution is -2.20. The van der Waals surface area contributed by atoms with Crippen LogP contribution in [0.1, 0.15) is 11.1 Å². The first kappa shape index (κ1) is 17.2. The van der Waals surface area contributed by atoms with Gasteiger partial charge < -0.3 is 10.1 Å². The van der Waals surface area contributed by atoms with E-state index in [4.69, 9.17) is 4.74 Å². The highest BCUT2D eigenvalue weighted by Gasteiger charge is 2.09. The van der Waals surface area contributed by atoms with Gasteiger partial charge in [-0.2, -0.15) is 9.61 Å². The second kappa shape index (κ2) is 7.16. The number of benzene rings is 2. The summed E-state index contributed by atoms with van der Waals surface area (Å²) in [5.41, 5.74) is 3.83. The van der Waals surface area contributed by atoms with E-state index < -0.39 is 0 Å². The first-order chi connectivity index (χ1) is 13.1. The van der Waals surface area contributed by atoms with E-state index >= 15 is 0 Å². The number of hydrogen-bond donors (Lipinski definition) is 1. The van der Waals surface area contributed by atoms with Gasteiger partial charge in [-0.05, 0) is 55.3 Å². The molecule has 136 valence electrons. The minimum Gasteiger partial charge on any atom is -0.483 e. The molecule has 27 heavy (non-hydrogen) atoms. The van der Waals surface area contributed by atoms with Crippen molar-refractivity contribution in [3.63, 3.8) is 0 Å². The molecule has 0 fully saturated rings. The van der Waals surface area contributed by atoms with E-state index in [1.807, 2.05) is 56.3 Å². The summed E-state index contributed by atoms with van der Waals surface area (Å²) in [5.74, 6) is 0.520. The Morgan fingerprint density at radius 2 is 2.00 bits per heavy atom. The number of aromatic nitrogens is 4. The zero-order valence-corrected chi connectivity index (χ0v) is 15.7. The molecule has 7 nitrogen and oxygen atoms in total. The fourth-order valence-electron chi connectivity index (χ4n) is 2.59. The number of carbonyl (C=O) groups is 1. The van der Waals surface area contributed by atoms with Gasteiger partial charge in [-0.1, -0.05) is 23.5 Å². The van der Waals surface area contributed by atoms with Gasteiger partial charge in [-0.25, -0.2) is 0 Å². The number of anilines is 1. The van der Waals surface area contributed by atoms with Crippen LogP contribution in [0.3, 0.4) is 0 Å². The van der Waals surface area contributed by atoms with Crippen molar-refractivity contribution in [3.05, 3.63) is 59.9 Å². The van der Waals surface area contributed by atoms with Gasteiger partial charge in [0, 0.05) is 11.3 Å². The number of nitrogens with one attached hydrogen (secondary N) is 1. The van der Waals surface area contributed by atoms with Gasteiger partial charge in [0.25, 0.3) is 5.91 Å². The summed E-state index contributed by atoms with van der Waals surface area (Å²) in [7, 11) is 0. The number of rotatable bonds is 5. The van der Waals surface area contributed by atoms with E-state index in [9.17, 15) is 4.79 Å². The van der Waals surface area contributed by atoms with Gasteiger partial charge in [0.15, 0.2) is 6.61 Å². The van der Waals surface area contributed by atoms with Crippen LogP contribution >= 0.6 is 11.3 Å². The maximum Gasteiger partial charge on any atom is 0.262 e. The summed E-state index contributed by atoms with van der Waals surface area (Å²) >= 11 is 1.46. The van der Waals surface area contributed by atoms with Crippen LogP contribution in [-0.2, 0) is 4.79 Å². The Bertz CT molecular complexity index is 1070. The summed E-state index contributed by atoms with van der Waals surface area (Å²) in [6.07, 6.45) is 1.57. The van der Waals surface area contributed by atoms with Crippen LogP contribution in [0.15, 0.2) is 48.8 Å². The largest absolute Gasteiger partial charge is 0.483 e. The molecule has 1 N–H and O–H groups in total. The molecule has 0 spiro atoms. The van der Waals surface area contributed by atoms with Crippen molar-refractivity contribution < 1.29 is 9.53 Å². The summed E-state index contributed by atoms with van der Waals surface area (Å²) in [6.45, 7) is 3.95. The van der Waals surface area contributed by atoms with E-state index in [2.05, 4.69) is 20.6 Å². The monoisotopic (exact) mass is 379 g/mol. The van der Waals surface area contributed by atoms with Crippen molar-refractivity contribution in [1.29, 1.82) is 0 Å². The quantitative estimate of drug-likeness (QED) is 0.574. The lowest BCUT2D eigenvalue weighted by Gasteiger charge is -2.11. The fraction of sp³-hybridized carbons (Fsp3) is 0.158. The van der Waals surface area contributed by atoms with Gasteiger partial charge in [0.2, 0.25) is 4.96 Å². The highest BCUT2D eigenvalue weighted by atomic mass is 32.1. The summed E-state index contributed by atoms with van der Waals surface area (Å²) in [5, 5.41) is 15.9. The molecule has 0 saturated heterocycles. The lowest BCUT2D eigenvalue weighted by atomic mass is 10.1. The second-order valence-electron chi connectivity index (χ2n) is 6.08. The smallest absolute Gasteiger partial charge is 0.262 e. The molecule has 0 radical (unpaired) electrons. The molecule has 0 aliphatic carbocycles. The average Bonchev–Trinajstić information content (AvgIpc) is 3.26. The predicted molar refractivity (Wildman–Crippen MR) is 104 cm³/mol. The molecule has 0 saturated carbocycles. The molecular formula is C19H17N5O2S. The Morgan fingerprint density at radius 1 is 1.19 bits per heavy atom. The molecule has 4 rings (SSSR count). The molecule has 1 amide bonds. The molecule has 4 aromatic rings. The zero-order valence-electron chi connectivity index (χ0n) is 14.8. The molecule has 0 bridgehead atoms. The normalized spacial score (nSPS) is 10.9. The summed E-state index contributed by atoms with van der Waals surface area (Å²) in [4.78, 5) is 12.9. The molecule has 8 heteroatoms. The van der Waals surface area contributed by atoms with Crippen LogP contribution < -0.4 is 10.1 Å². The second-order valence-corrected chi connectivity index (χ2v) is 7.03. The average molecular weight is 379 g/mol. The lowest BCUT2D eigenvalue weighted by molar-refractivity contribution is -0.118. The first-order valence-corrected chi connectivity index (χ1v) is 9.18. The van der Waals surface area contributed by atoms with Gasteiger partial charge in [0.1, 0.15) is 17.1 Å².